The average molecular weight is 279 g/mol. The van der Waals surface area contributed by atoms with E-state index in [0.29, 0.717) is 16.6 Å². The van der Waals surface area contributed by atoms with Gasteiger partial charge in [0.25, 0.3) is 0 Å². The SMILES string of the molecule is CSCC(O)Cc1cc(F)cc(Br)c1. The third-order valence-corrected chi connectivity index (χ3v) is 2.93. The van der Waals surface area contributed by atoms with Crippen LogP contribution in [-0.4, -0.2) is 23.2 Å². The normalized spacial score (nSPS) is 12.9. The molecule has 0 aromatic heterocycles. The molecule has 78 valence electrons. The monoisotopic (exact) mass is 278 g/mol. The van der Waals surface area contributed by atoms with Crippen molar-refractivity contribution in [3.8, 4) is 0 Å². The molecule has 1 aromatic rings. The van der Waals surface area contributed by atoms with E-state index in [0.717, 1.165) is 5.56 Å². The van der Waals surface area contributed by atoms with Crippen LogP contribution in [0.1, 0.15) is 5.56 Å². The van der Waals surface area contributed by atoms with Gasteiger partial charge < -0.3 is 5.11 Å². The number of benzene rings is 1. The summed E-state index contributed by atoms with van der Waals surface area (Å²) in [6.45, 7) is 0. The minimum Gasteiger partial charge on any atom is -0.392 e. The van der Waals surface area contributed by atoms with Crippen LogP contribution in [0, 0.1) is 5.82 Å². The predicted octanol–water partition coefficient (Wildman–Crippen LogP) is 2.85. The van der Waals surface area contributed by atoms with E-state index in [2.05, 4.69) is 15.9 Å². The van der Waals surface area contributed by atoms with E-state index < -0.39 is 6.10 Å². The summed E-state index contributed by atoms with van der Waals surface area (Å²) >= 11 is 4.80. The quantitative estimate of drug-likeness (QED) is 0.914. The Labute approximate surface area is 95.8 Å². The van der Waals surface area contributed by atoms with Gasteiger partial charge in [-0.15, -0.1) is 0 Å². The molecule has 1 nitrogen and oxygen atoms in total. The number of aliphatic hydroxyl groups is 1. The van der Waals surface area contributed by atoms with Crippen LogP contribution in [0.4, 0.5) is 4.39 Å². The molecule has 0 heterocycles. The zero-order valence-electron chi connectivity index (χ0n) is 7.84. The molecular formula is C10H12BrFOS. The van der Waals surface area contributed by atoms with Crippen molar-refractivity contribution in [2.24, 2.45) is 0 Å². The van der Waals surface area contributed by atoms with Gasteiger partial charge in [-0.3, -0.25) is 0 Å². The topological polar surface area (TPSA) is 20.2 Å². The van der Waals surface area contributed by atoms with E-state index in [1.54, 1.807) is 11.8 Å². The molecule has 4 heteroatoms. The van der Waals surface area contributed by atoms with Gasteiger partial charge in [0.2, 0.25) is 0 Å². The van der Waals surface area contributed by atoms with E-state index in [4.69, 9.17) is 0 Å². The Morgan fingerprint density at radius 1 is 1.50 bits per heavy atom. The minimum atomic E-state index is -0.404. The van der Waals surface area contributed by atoms with Crippen molar-refractivity contribution in [3.63, 3.8) is 0 Å². The van der Waals surface area contributed by atoms with E-state index >= 15 is 0 Å². The van der Waals surface area contributed by atoms with Gasteiger partial charge in [-0.2, -0.15) is 11.8 Å². The maximum Gasteiger partial charge on any atom is 0.124 e. The van der Waals surface area contributed by atoms with Crippen LogP contribution in [0.25, 0.3) is 0 Å². The second kappa shape index (κ2) is 5.73. The van der Waals surface area contributed by atoms with Gasteiger partial charge in [0.15, 0.2) is 0 Å². The van der Waals surface area contributed by atoms with Crippen molar-refractivity contribution in [1.82, 2.24) is 0 Å². The summed E-state index contributed by atoms with van der Waals surface area (Å²) in [6.07, 6.45) is 2.03. The lowest BCUT2D eigenvalue weighted by atomic mass is 10.1. The lowest BCUT2D eigenvalue weighted by Crippen LogP contribution is -2.13. The smallest absolute Gasteiger partial charge is 0.124 e. The van der Waals surface area contributed by atoms with Gasteiger partial charge in [-0.25, -0.2) is 4.39 Å². The summed E-state index contributed by atoms with van der Waals surface area (Å²) in [7, 11) is 0. The van der Waals surface area contributed by atoms with Crippen molar-refractivity contribution < 1.29 is 9.50 Å². The second-order valence-electron chi connectivity index (χ2n) is 3.09. The van der Waals surface area contributed by atoms with E-state index in [1.165, 1.54) is 12.1 Å². The fourth-order valence-corrected chi connectivity index (χ4v) is 2.27. The molecule has 1 unspecified atom stereocenters. The summed E-state index contributed by atoms with van der Waals surface area (Å²) in [5, 5.41) is 9.53. The highest BCUT2D eigenvalue weighted by Gasteiger charge is 2.06. The predicted molar refractivity (Wildman–Crippen MR) is 62.2 cm³/mol. The van der Waals surface area contributed by atoms with Crippen LogP contribution in [0.5, 0.6) is 0 Å². The lowest BCUT2D eigenvalue weighted by Gasteiger charge is -2.09. The van der Waals surface area contributed by atoms with Crippen LogP contribution in [0.3, 0.4) is 0 Å². The molecule has 0 aliphatic carbocycles. The number of hydrogen-bond acceptors (Lipinski definition) is 2. The van der Waals surface area contributed by atoms with E-state index in [-0.39, 0.29) is 5.82 Å². The molecule has 0 saturated heterocycles. The highest BCUT2D eigenvalue weighted by atomic mass is 79.9. The molecule has 0 fully saturated rings. The largest absolute Gasteiger partial charge is 0.392 e. The molecule has 0 radical (unpaired) electrons. The van der Waals surface area contributed by atoms with Gasteiger partial charge in [0.05, 0.1) is 6.10 Å². The summed E-state index contributed by atoms with van der Waals surface area (Å²) in [4.78, 5) is 0. The van der Waals surface area contributed by atoms with Gasteiger partial charge in [0, 0.05) is 10.2 Å². The molecule has 0 saturated carbocycles. The first kappa shape index (κ1) is 12.0. The third kappa shape index (κ3) is 3.98. The zero-order chi connectivity index (χ0) is 10.6. The summed E-state index contributed by atoms with van der Waals surface area (Å²) in [5.41, 5.74) is 0.818. The molecule has 1 aromatic carbocycles. The highest BCUT2D eigenvalue weighted by molar-refractivity contribution is 9.10. The van der Waals surface area contributed by atoms with Crippen molar-refractivity contribution >= 4 is 27.7 Å². The Hall–Kier alpha value is -0.0600. The maximum atomic E-state index is 12.9. The molecule has 1 atom stereocenters. The van der Waals surface area contributed by atoms with Crippen molar-refractivity contribution in [3.05, 3.63) is 34.1 Å². The number of aliphatic hydroxyl groups excluding tert-OH is 1. The molecular weight excluding hydrogens is 267 g/mol. The minimum absolute atomic E-state index is 0.272. The molecule has 0 bridgehead atoms. The standard InChI is InChI=1S/C10H12BrFOS/c1-14-6-10(13)4-7-2-8(11)5-9(12)3-7/h2-3,5,10,13H,4,6H2,1H3. The van der Waals surface area contributed by atoms with Gasteiger partial charge in [0.1, 0.15) is 5.82 Å². The maximum absolute atomic E-state index is 12.9. The van der Waals surface area contributed by atoms with Crippen LogP contribution in [0.2, 0.25) is 0 Å². The Bertz CT molecular complexity index is 286. The van der Waals surface area contributed by atoms with E-state index in [1.807, 2.05) is 12.3 Å². The van der Waals surface area contributed by atoms with Crippen LogP contribution >= 0.6 is 27.7 Å². The summed E-state index contributed by atoms with van der Waals surface area (Å²) < 4.78 is 13.7. The van der Waals surface area contributed by atoms with Crippen LogP contribution in [-0.2, 0) is 6.42 Å². The van der Waals surface area contributed by atoms with Crippen molar-refractivity contribution in [1.29, 1.82) is 0 Å². The Balaban J connectivity index is 2.66. The Morgan fingerprint density at radius 3 is 2.79 bits per heavy atom. The van der Waals surface area contributed by atoms with E-state index in [9.17, 15) is 9.50 Å². The fourth-order valence-electron chi connectivity index (χ4n) is 1.25. The number of rotatable bonds is 4. The zero-order valence-corrected chi connectivity index (χ0v) is 10.2. The molecule has 0 spiro atoms. The number of hydrogen-bond donors (Lipinski definition) is 1. The fraction of sp³-hybridized carbons (Fsp3) is 0.400. The van der Waals surface area contributed by atoms with Gasteiger partial charge >= 0.3 is 0 Å². The first-order valence-electron chi connectivity index (χ1n) is 4.24. The Morgan fingerprint density at radius 2 is 2.21 bits per heavy atom. The molecule has 0 aliphatic heterocycles. The second-order valence-corrected chi connectivity index (χ2v) is 4.92. The molecule has 0 aliphatic rings. The average Bonchev–Trinajstić information content (AvgIpc) is 2.01. The molecule has 1 N–H and O–H groups in total. The Kier molecular flexibility index (Phi) is 4.92. The van der Waals surface area contributed by atoms with Crippen LogP contribution in [0.15, 0.2) is 22.7 Å². The summed E-state index contributed by atoms with van der Waals surface area (Å²) in [6, 6.07) is 4.69. The molecule has 1 rings (SSSR count). The number of halogens is 2. The molecule has 14 heavy (non-hydrogen) atoms. The lowest BCUT2D eigenvalue weighted by molar-refractivity contribution is 0.200. The van der Waals surface area contributed by atoms with Crippen LogP contribution < -0.4 is 0 Å². The van der Waals surface area contributed by atoms with Gasteiger partial charge in [-0.05, 0) is 36.4 Å². The highest BCUT2D eigenvalue weighted by Crippen LogP contribution is 2.16. The van der Waals surface area contributed by atoms with Crippen molar-refractivity contribution in [2.75, 3.05) is 12.0 Å². The summed E-state index contributed by atoms with van der Waals surface area (Å²) in [5.74, 6) is 0.402. The first-order valence-corrected chi connectivity index (χ1v) is 6.42. The van der Waals surface area contributed by atoms with Gasteiger partial charge in [-0.1, -0.05) is 15.9 Å². The number of thioether (sulfide) groups is 1. The third-order valence-electron chi connectivity index (χ3n) is 1.75. The van der Waals surface area contributed by atoms with Crippen molar-refractivity contribution in [2.45, 2.75) is 12.5 Å². The molecule has 0 amide bonds. The first-order chi connectivity index (χ1) is 6.61.